The van der Waals surface area contributed by atoms with Crippen LogP contribution in [0.5, 0.6) is 0 Å². The third-order valence-electron chi connectivity index (χ3n) is 5.75. The molecule has 0 bridgehead atoms. The van der Waals surface area contributed by atoms with E-state index in [1.165, 1.54) is 24.1 Å². The number of carbonyl (C=O) groups is 1. The average Bonchev–Trinajstić information content (AvgIpc) is 3.37. The van der Waals surface area contributed by atoms with Crippen LogP contribution in [-0.2, 0) is 25.8 Å². The summed E-state index contributed by atoms with van der Waals surface area (Å²) >= 11 is 0. The molecular formula is C24H24N4O2. The first-order valence-corrected chi connectivity index (χ1v) is 10.4. The van der Waals surface area contributed by atoms with Crippen molar-refractivity contribution in [3.8, 4) is 0 Å². The number of H-pyrrole nitrogens is 1. The summed E-state index contributed by atoms with van der Waals surface area (Å²) in [4.78, 5) is 19.3. The number of benzene rings is 2. The third-order valence-corrected chi connectivity index (χ3v) is 5.75. The standard InChI is InChI=1S/C24H24N4O2/c1-28(15-21-18-9-5-6-10-19(18)26-27-21)24(29)17-11-12-22-20(14-17)25-23(30-22)13-16-7-3-2-4-8-16/h2-4,7-8,11-12,14H,5-6,9-10,13,15H2,1H3,(H,26,27). The fraction of sp³-hybridized carbons (Fsp3) is 0.292. The highest BCUT2D eigenvalue weighted by Crippen LogP contribution is 2.24. The lowest BCUT2D eigenvalue weighted by Gasteiger charge is -2.18. The number of aromatic amines is 1. The molecule has 0 atom stereocenters. The van der Waals surface area contributed by atoms with Crippen molar-refractivity contribution < 1.29 is 9.21 Å². The Morgan fingerprint density at radius 1 is 1.13 bits per heavy atom. The summed E-state index contributed by atoms with van der Waals surface area (Å²) in [5.41, 5.74) is 6.65. The fourth-order valence-electron chi connectivity index (χ4n) is 4.15. The lowest BCUT2D eigenvalue weighted by molar-refractivity contribution is 0.0783. The third kappa shape index (κ3) is 3.61. The number of nitrogens with one attached hydrogen (secondary N) is 1. The van der Waals surface area contributed by atoms with Crippen LogP contribution < -0.4 is 0 Å². The van der Waals surface area contributed by atoms with Crippen LogP contribution in [0.1, 0.15) is 51.6 Å². The number of fused-ring (bicyclic) bond motifs is 2. The number of aryl methyl sites for hydroxylation is 1. The number of carbonyl (C=O) groups excluding carboxylic acids is 1. The highest BCUT2D eigenvalue weighted by Gasteiger charge is 2.20. The van der Waals surface area contributed by atoms with Gasteiger partial charge in [-0.05, 0) is 55.0 Å². The second-order valence-electron chi connectivity index (χ2n) is 7.95. The van der Waals surface area contributed by atoms with Crippen molar-refractivity contribution in [1.82, 2.24) is 20.1 Å². The monoisotopic (exact) mass is 400 g/mol. The average molecular weight is 400 g/mol. The summed E-state index contributed by atoms with van der Waals surface area (Å²) in [6.45, 7) is 0.501. The molecule has 0 aliphatic heterocycles. The van der Waals surface area contributed by atoms with E-state index in [0.29, 0.717) is 35.5 Å². The molecule has 4 aromatic rings. The molecule has 1 aliphatic carbocycles. The number of nitrogens with zero attached hydrogens (tertiary/aromatic N) is 3. The maximum absolute atomic E-state index is 13.0. The topological polar surface area (TPSA) is 75.0 Å². The molecule has 5 rings (SSSR count). The van der Waals surface area contributed by atoms with Gasteiger partial charge in [0.1, 0.15) is 5.52 Å². The Kier molecular flexibility index (Phi) is 4.83. The maximum Gasteiger partial charge on any atom is 0.254 e. The molecule has 6 heteroatoms. The lowest BCUT2D eigenvalue weighted by Crippen LogP contribution is -2.27. The van der Waals surface area contributed by atoms with Gasteiger partial charge in [-0.3, -0.25) is 9.89 Å². The Morgan fingerprint density at radius 2 is 1.97 bits per heavy atom. The van der Waals surface area contributed by atoms with Gasteiger partial charge in [0.15, 0.2) is 11.5 Å². The fourth-order valence-corrected chi connectivity index (χ4v) is 4.15. The number of amides is 1. The predicted octanol–water partition coefficient (Wildman–Crippen LogP) is 4.29. The van der Waals surface area contributed by atoms with Gasteiger partial charge in [-0.25, -0.2) is 4.98 Å². The van der Waals surface area contributed by atoms with Crippen LogP contribution in [0.3, 0.4) is 0 Å². The van der Waals surface area contributed by atoms with Crippen LogP contribution in [0.2, 0.25) is 0 Å². The van der Waals surface area contributed by atoms with Crippen molar-refractivity contribution in [1.29, 1.82) is 0 Å². The first-order valence-electron chi connectivity index (χ1n) is 10.4. The minimum atomic E-state index is -0.0444. The molecule has 2 heterocycles. The first-order chi connectivity index (χ1) is 14.7. The summed E-state index contributed by atoms with van der Waals surface area (Å²) in [6, 6.07) is 15.5. The highest BCUT2D eigenvalue weighted by molar-refractivity contribution is 5.97. The van der Waals surface area contributed by atoms with Crippen molar-refractivity contribution in [3.63, 3.8) is 0 Å². The van der Waals surface area contributed by atoms with E-state index in [1.807, 2.05) is 49.5 Å². The Labute approximate surface area is 174 Å². The maximum atomic E-state index is 13.0. The van der Waals surface area contributed by atoms with Gasteiger partial charge in [0, 0.05) is 24.7 Å². The molecule has 6 nitrogen and oxygen atoms in total. The van der Waals surface area contributed by atoms with Gasteiger partial charge in [0.25, 0.3) is 5.91 Å². The molecule has 2 aromatic carbocycles. The van der Waals surface area contributed by atoms with Gasteiger partial charge < -0.3 is 9.32 Å². The number of hydrogen-bond acceptors (Lipinski definition) is 4. The number of oxazole rings is 1. The van der Waals surface area contributed by atoms with Crippen LogP contribution in [0.25, 0.3) is 11.1 Å². The first kappa shape index (κ1) is 18.6. The van der Waals surface area contributed by atoms with Gasteiger partial charge in [0.2, 0.25) is 0 Å². The van der Waals surface area contributed by atoms with E-state index in [2.05, 4.69) is 15.2 Å². The summed E-state index contributed by atoms with van der Waals surface area (Å²) in [5.74, 6) is 0.606. The van der Waals surface area contributed by atoms with Crippen molar-refractivity contribution in [2.24, 2.45) is 0 Å². The van der Waals surface area contributed by atoms with E-state index in [4.69, 9.17) is 4.42 Å². The zero-order valence-electron chi connectivity index (χ0n) is 17.0. The molecule has 0 spiro atoms. The highest BCUT2D eigenvalue weighted by atomic mass is 16.3. The van der Waals surface area contributed by atoms with Gasteiger partial charge >= 0.3 is 0 Å². The zero-order chi connectivity index (χ0) is 20.5. The van der Waals surface area contributed by atoms with Crippen molar-refractivity contribution in [3.05, 3.63) is 82.5 Å². The van der Waals surface area contributed by atoms with Crippen LogP contribution in [-0.4, -0.2) is 33.0 Å². The molecule has 2 aromatic heterocycles. The molecule has 1 aliphatic rings. The summed E-state index contributed by atoms with van der Waals surface area (Å²) in [6.07, 6.45) is 5.11. The van der Waals surface area contributed by atoms with E-state index in [1.54, 1.807) is 11.0 Å². The Morgan fingerprint density at radius 3 is 2.83 bits per heavy atom. The summed E-state index contributed by atoms with van der Waals surface area (Å²) in [7, 11) is 1.82. The molecule has 0 saturated carbocycles. The van der Waals surface area contributed by atoms with Crippen molar-refractivity contribution in [2.75, 3.05) is 7.05 Å². The molecule has 152 valence electrons. The number of aromatic nitrogens is 3. The van der Waals surface area contributed by atoms with Crippen LogP contribution in [0, 0.1) is 0 Å². The molecule has 0 saturated heterocycles. The Hall–Kier alpha value is -3.41. The summed E-state index contributed by atoms with van der Waals surface area (Å²) in [5, 5.41) is 7.61. The minimum absolute atomic E-state index is 0.0444. The van der Waals surface area contributed by atoms with Crippen LogP contribution in [0.15, 0.2) is 52.9 Å². The number of hydrogen-bond donors (Lipinski definition) is 1. The zero-order valence-corrected chi connectivity index (χ0v) is 17.0. The van der Waals surface area contributed by atoms with E-state index in [0.717, 1.165) is 24.1 Å². The van der Waals surface area contributed by atoms with Crippen molar-refractivity contribution in [2.45, 2.75) is 38.6 Å². The van der Waals surface area contributed by atoms with E-state index >= 15 is 0 Å². The van der Waals surface area contributed by atoms with Crippen LogP contribution >= 0.6 is 0 Å². The second kappa shape index (κ2) is 7.78. The molecule has 0 fully saturated rings. The molecule has 30 heavy (non-hydrogen) atoms. The number of rotatable bonds is 5. The molecule has 0 radical (unpaired) electrons. The SMILES string of the molecule is CN(Cc1n[nH]c2c1CCCC2)C(=O)c1ccc2oc(Cc3ccccc3)nc2c1. The van der Waals surface area contributed by atoms with Crippen LogP contribution in [0.4, 0.5) is 0 Å². The predicted molar refractivity (Wildman–Crippen MR) is 114 cm³/mol. The molecule has 1 N–H and O–H groups in total. The lowest BCUT2D eigenvalue weighted by atomic mass is 9.96. The molecule has 1 amide bonds. The van der Waals surface area contributed by atoms with Gasteiger partial charge in [0.05, 0.1) is 12.2 Å². The van der Waals surface area contributed by atoms with Gasteiger partial charge in [-0.2, -0.15) is 5.10 Å². The molecular weight excluding hydrogens is 376 g/mol. The molecule has 0 unspecified atom stereocenters. The second-order valence-corrected chi connectivity index (χ2v) is 7.95. The Bertz CT molecular complexity index is 1190. The Balaban J connectivity index is 1.33. The van der Waals surface area contributed by atoms with Gasteiger partial charge in [-0.1, -0.05) is 30.3 Å². The summed E-state index contributed by atoms with van der Waals surface area (Å²) < 4.78 is 5.86. The normalized spacial score (nSPS) is 13.4. The smallest absolute Gasteiger partial charge is 0.254 e. The van der Waals surface area contributed by atoms with E-state index in [9.17, 15) is 4.79 Å². The van der Waals surface area contributed by atoms with E-state index < -0.39 is 0 Å². The van der Waals surface area contributed by atoms with Gasteiger partial charge in [-0.15, -0.1) is 0 Å². The quantitative estimate of drug-likeness (QED) is 0.542. The minimum Gasteiger partial charge on any atom is -0.440 e. The largest absolute Gasteiger partial charge is 0.440 e. The van der Waals surface area contributed by atoms with E-state index in [-0.39, 0.29) is 5.91 Å². The van der Waals surface area contributed by atoms with Crippen molar-refractivity contribution >= 4 is 17.0 Å².